The van der Waals surface area contributed by atoms with Crippen LogP contribution in [0.3, 0.4) is 0 Å². The minimum Gasteiger partial charge on any atom is -0.348 e. The highest BCUT2D eigenvalue weighted by atomic mass is 16.2. The van der Waals surface area contributed by atoms with Gasteiger partial charge in [-0.05, 0) is 18.9 Å². The van der Waals surface area contributed by atoms with Gasteiger partial charge in [-0.25, -0.2) is 0 Å². The lowest BCUT2D eigenvalue weighted by Crippen LogP contribution is -2.37. The van der Waals surface area contributed by atoms with Crippen molar-refractivity contribution in [3.05, 3.63) is 35.9 Å². The van der Waals surface area contributed by atoms with E-state index in [9.17, 15) is 9.59 Å². The molecule has 0 radical (unpaired) electrons. The van der Waals surface area contributed by atoms with Crippen molar-refractivity contribution in [1.29, 1.82) is 0 Å². The van der Waals surface area contributed by atoms with E-state index >= 15 is 0 Å². The Morgan fingerprint density at radius 2 is 1.84 bits per heavy atom. The smallest absolute Gasteiger partial charge is 0.239 e. The van der Waals surface area contributed by atoms with Gasteiger partial charge >= 0.3 is 0 Å². The summed E-state index contributed by atoms with van der Waals surface area (Å²) in [5.41, 5.74) is 1.05. The molecule has 0 aliphatic heterocycles. The molecule has 0 heterocycles. The summed E-state index contributed by atoms with van der Waals surface area (Å²) in [7, 11) is 0. The van der Waals surface area contributed by atoms with Gasteiger partial charge in [0.1, 0.15) is 0 Å². The Morgan fingerprint density at radius 3 is 2.47 bits per heavy atom. The Balaban J connectivity index is 2.29. The molecule has 19 heavy (non-hydrogen) atoms. The van der Waals surface area contributed by atoms with E-state index in [1.807, 2.05) is 44.2 Å². The second kappa shape index (κ2) is 8.29. The van der Waals surface area contributed by atoms with Crippen LogP contribution in [0.15, 0.2) is 30.3 Å². The minimum absolute atomic E-state index is 0.0414. The molecule has 2 amide bonds. The summed E-state index contributed by atoms with van der Waals surface area (Å²) in [6, 6.07) is 9.68. The molecule has 2 N–H and O–H groups in total. The molecule has 1 rings (SSSR count). The van der Waals surface area contributed by atoms with Crippen LogP contribution >= 0.6 is 0 Å². The van der Waals surface area contributed by atoms with E-state index in [1.54, 1.807) is 0 Å². The molecule has 0 fully saturated rings. The molecule has 0 saturated carbocycles. The van der Waals surface area contributed by atoms with Crippen molar-refractivity contribution in [1.82, 2.24) is 10.6 Å². The summed E-state index contributed by atoms with van der Waals surface area (Å²) < 4.78 is 0. The lowest BCUT2D eigenvalue weighted by molar-refractivity contribution is -0.126. The predicted molar refractivity (Wildman–Crippen MR) is 75.5 cm³/mol. The van der Waals surface area contributed by atoms with Crippen LogP contribution in [0.4, 0.5) is 0 Å². The number of hydrogen-bond donors (Lipinski definition) is 2. The number of rotatable bonds is 7. The van der Waals surface area contributed by atoms with Crippen molar-refractivity contribution < 1.29 is 9.59 Å². The fraction of sp³-hybridized carbons (Fsp3) is 0.467. The van der Waals surface area contributed by atoms with Crippen molar-refractivity contribution in [3.8, 4) is 0 Å². The molecular weight excluding hydrogens is 240 g/mol. The van der Waals surface area contributed by atoms with Crippen LogP contribution in [0.5, 0.6) is 0 Å². The Morgan fingerprint density at radius 1 is 1.16 bits per heavy atom. The summed E-state index contributed by atoms with van der Waals surface area (Å²) in [5.74, 6) is -0.231. The molecule has 0 spiro atoms. The number of amides is 2. The molecular formula is C15H22N2O2. The largest absolute Gasteiger partial charge is 0.348 e. The van der Waals surface area contributed by atoms with Gasteiger partial charge in [0, 0.05) is 6.42 Å². The van der Waals surface area contributed by atoms with E-state index in [1.165, 1.54) is 0 Å². The maximum absolute atomic E-state index is 11.7. The molecule has 4 heteroatoms. The summed E-state index contributed by atoms with van der Waals surface area (Å²) in [5, 5.41) is 5.48. The summed E-state index contributed by atoms with van der Waals surface area (Å²) >= 11 is 0. The van der Waals surface area contributed by atoms with Crippen LogP contribution in [0, 0.1) is 0 Å². The van der Waals surface area contributed by atoms with Crippen molar-refractivity contribution in [2.45, 2.75) is 39.2 Å². The monoisotopic (exact) mass is 262 g/mol. The van der Waals surface area contributed by atoms with Crippen LogP contribution in [0.2, 0.25) is 0 Å². The molecule has 0 bridgehead atoms. The van der Waals surface area contributed by atoms with Crippen LogP contribution in [-0.2, 0) is 9.59 Å². The number of unbranched alkanes of at least 4 members (excludes halogenated alkanes) is 1. The molecule has 1 aromatic rings. The third-order valence-electron chi connectivity index (χ3n) is 2.88. The fourth-order valence-electron chi connectivity index (χ4n) is 1.72. The summed E-state index contributed by atoms with van der Waals surface area (Å²) in [4.78, 5) is 23.1. The Bertz CT molecular complexity index is 404. The minimum atomic E-state index is -0.166. The second-order valence-corrected chi connectivity index (χ2v) is 4.58. The number of carbonyl (C=O) groups is 2. The zero-order valence-electron chi connectivity index (χ0n) is 11.6. The zero-order valence-corrected chi connectivity index (χ0v) is 11.6. The Hall–Kier alpha value is -1.84. The van der Waals surface area contributed by atoms with E-state index < -0.39 is 0 Å². The van der Waals surface area contributed by atoms with E-state index in [0.717, 1.165) is 18.4 Å². The van der Waals surface area contributed by atoms with Gasteiger partial charge in [0.2, 0.25) is 11.8 Å². The lowest BCUT2D eigenvalue weighted by Gasteiger charge is -2.14. The van der Waals surface area contributed by atoms with E-state index in [4.69, 9.17) is 0 Å². The quantitative estimate of drug-likeness (QED) is 0.791. The van der Waals surface area contributed by atoms with Gasteiger partial charge in [0.05, 0.1) is 12.6 Å². The third-order valence-corrected chi connectivity index (χ3v) is 2.88. The third kappa shape index (κ3) is 6.04. The lowest BCUT2D eigenvalue weighted by atomic mass is 10.1. The number of hydrogen-bond acceptors (Lipinski definition) is 2. The number of nitrogens with one attached hydrogen (secondary N) is 2. The Kier molecular flexibility index (Phi) is 6.64. The summed E-state index contributed by atoms with van der Waals surface area (Å²) in [6.07, 6.45) is 2.32. The molecule has 0 aliphatic carbocycles. The average molecular weight is 262 g/mol. The molecule has 1 atom stereocenters. The second-order valence-electron chi connectivity index (χ2n) is 4.58. The van der Waals surface area contributed by atoms with Gasteiger partial charge in [0.15, 0.2) is 0 Å². The topological polar surface area (TPSA) is 58.2 Å². The van der Waals surface area contributed by atoms with Crippen molar-refractivity contribution in [2.24, 2.45) is 0 Å². The normalized spacial score (nSPS) is 11.7. The summed E-state index contributed by atoms with van der Waals surface area (Å²) in [6.45, 7) is 3.99. The molecule has 0 aromatic heterocycles. The van der Waals surface area contributed by atoms with Crippen LogP contribution < -0.4 is 10.6 Å². The van der Waals surface area contributed by atoms with Crippen molar-refractivity contribution in [2.75, 3.05) is 6.54 Å². The van der Waals surface area contributed by atoms with Gasteiger partial charge in [0.25, 0.3) is 0 Å². The SMILES string of the molecule is CCCCC(=O)NCC(=O)NC(C)c1ccccc1. The van der Waals surface area contributed by atoms with Gasteiger partial charge in [-0.1, -0.05) is 43.7 Å². The van der Waals surface area contributed by atoms with Crippen LogP contribution in [-0.4, -0.2) is 18.4 Å². The van der Waals surface area contributed by atoms with Gasteiger partial charge in [-0.15, -0.1) is 0 Å². The molecule has 0 saturated heterocycles. The molecule has 1 aromatic carbocycles. The number of benzene rings is 1. The first kappa shape index (κ1) is 15.2. The van der Waals surface area contributed by atoms with E-state index in [0.29, 0.717) is 6.42 Å². The van der Waals surface area contributed by atoms with Gasteiger partial charge in [-0.2, -0.15) is 0 Å². The first-order valence-electron chi connectivity index (χ1n) is 6.74. The zero-order chi connectivity index (χ0) is 14.1. The van der Waals surface area contributed by atoms with Crippen LogP contribution in [0.25, 0.3) is 0 Å². The first-order valence-corrected chi connectivity index (χ1v) is 6.74. The molecule has 0 aliphatic rings. The number of carbonyl (C=O) groups excluding carboxylic acids is 2. The highest BCUT2D eigenvalue weighted by Crippen LogP contribution is 2.10. The maximum Gasteiger partial charge on any atom is 0.239 e. The predicted octanol–water partition coefficient (Wildman–Crippen LogP) is 2.17. The van der Waals surface area contributed by atoms with Gasteiger partial charge in [-0.3, -0.25) is 9.59 Å². The van der Waals surface area contributed by atoms with E-state index in [-0.39, 0.29) is 24.4 Å². The highest BCUT2D eigenvalue weighted by Gasteiger charge is 2.09. The fourth-order valence-corrected chi connectivity index (χ4v) is 1.72. The van der Waals surface area contributed by atoms with E-state index in [2.05, 4.69) is 10.6 Å². The van der Waals surface area contributed by atoms with Crippen LogP contribution in [0.1, 0.15) is 44.7 Å². The highest BCUT2D eigenvalue weighted by molar-refractivity contribution is 5.84. The van der Waals surface area contributed by atoms with Crippen molar-refractivity contribution >= 4 is 11.8 Å². The van der Waals surface area contributed by atoms with Crippen molar-refractivity contribution in [3.63, 3.8) is 0 Å². The average Bonchev–Trinajstić information content (AvgIpc) is 2.43. The molecule has 104 valence electrons. The Labute approximate surface area is 114 Å². The molecule has 1 unspecified atom stereocenters. The first-order chi connectivity index (χ1) is 9.13. The standard InChI is InChI=1S/C15H22N2O2/c1-3-4-10-14(18)16-11-15(19)17-12(2)13-8-6-5-7-9-13/h5-9,12H,3-4,10-11H2,1-2H3,(H,16,18)(H,17,19). The molecule has 4 nitrogen and oxygen atoms in total. The van der Waals surface area contributed by atoms with Gasteiger partial charge < -0.3 is 10.6 Å². The maximum atomic E-state index is 11.7.